The Hall–Kier alpha value is -1.20. The molecule has 0 unspecified atom stereocenters. The number of methoxy groups -OCH3 is 1. The number of sulfone groups is 1. The van der Waals surface area contributed by atoms with Gasteiger partial charge in [-0.1, -0.05) is 6.07 Å². The van der Waals surface area contributed by atoms with E-state index in [0.717, 1.165) is 11.1 Å². The van der Waals surface area contributed by atoms with Crippen molar-refractivity contribution >= 4 is 15.5 Å². The minimum atomic E-state index is -3.32. The summed E-state index contributed by atoms with van der Waals surface area (Å²) < 4.78 is 28.5. The van der Waals surface area contributed by atoms with E-state index in [1.54, 1.807) is 19.2 Å². The minimum absolute atomic E-state index is 0.228. The molecule has 1 N–H and O–H groups in total. The number of hydrogen-bond acceptors (Lipinski definition) is 4. The van der Waals surface area contributed by atoms with Gasteiger partial charge in [0.2, 0.25) is 0 Å². The van der Waals surface area contributed by atoms with Gasteiger partial charge in [-0.15, -0.1) is 0 Å². The van der Waals surface area contributed by atoms with Crippen molar-refractivity contribution in [3.63, 3.8) is 0 Å². The number of ether oxygens (including phenoxy) is 1. The van der Waals surface area contributed by atoms with Crippen LogP contribution in [-0.2, 0) is 14.6 Å². The molecular weight excluding hydrogens is 250 g/mol. The van der Waals surface area contributed by atoms with E-state index in [0.29, 0.717) is 24.3 Å². The van der Waals surface area contributed by atoms with Crippen molar-refractivity contribution < 1.29 is 13.2 Å². The van der Waals surface area contributed by atoms with Gasteiger partial charge in [-0.25, -0.2) is 8.42 Å². The van der Waals surface area contributed by atoms with Crippen LogP contribution in [0, 0.1) is 19.3 Å². The van der Waals surface area contributed by atoms with Gasteiger partial charge >= 0.3 is 0 Å². The third-order valence-electron chi connectivity index (χ3n) is 2.96. The van der Waals surface area contributed by atoms with Crippen LogP contribution in [0.2, 0.25) is 0 Å². The third-order valence-corrected chi connectivity index (χ3v) is 4.09. The highest BCUT2D eigenvalue weighted by Crippen LogP contribution is 2.23. The Morgan fingerprint density at radius 2 is 1.94 bits per heavy atom. The van der Waals surface area contributed by atoms with E-state index >= 15 is 0 Å². The lowest BCUT2D eigenvalue weighted by Gasteiger charge is -2.14. The van der Waals surface area contributed by atoms with Gasteiger partial charge in [0.1, 0.15) is 0 Å². The Labute approximate surface area is 108 Å². The second kappa shape index (κ2) is 5.63. The lowest BCUT2D eigenvalue weighted by molar-refractivity contribution is 0.207. The second-order valence-electron chi connectivity index (χ2n) is 4.37. The fourth-order valence-electron chi connectivity index (χ4n) is 1.80. The van der Waals surface area contributed by atoms with Gasteiger partial charge in [0.15, 0.2) is 9.84 Å². The Morgan fingerprint density at radius 3 is 2.44 bits per heavy atom. The number of aryl methyl sites for hydroxylation is 1. The fraction of sp³-hybridized carbons (Fsp3) is 0.462. The molecule has 1 aromatic carbocycles. The molecule has 0 spiro atoms. The molecule has 1 aromatic rings. The monoisotopic (exact) mass is 269 g/mol. The van der Waals surface area contributed by atoms with E-state index in [1.165, 1.54) is 6.26 Å². The minimum Gasteiger partial charge on any atom is -0.384 e. The van der Waals surface area contributed by atoms with Crippen LogP contribution < -0.4 is 0 Å². The van der Waals surface area contributed by atoms with Gasteiger partial charge < -0.3 is 10.1 Å². The van der Waals surface area contributed by atoms with Crippen LogP contribution in [-0.4, -0.2) is 34.1 Å². The summed E-state index contributed by atoms with van der Waals surface area (Å²) in [7, 11) is -1.76. The highest BCUT2D eigenvalue weighted by atomic mass is 32.2. The first-order valence-electron chi connectivity index (χ1n) is 5.66. The van der Waals surface area contributed by atoms with Crippen LogP contribution >= 0.6 is 0 Å². The highest BCUT2D eigenvalue weighted by molar-refractivity contribution is 7.90. The largest absolute Gasteiger partial charge is 0.384 e. The molecule has 0 amide bonds. The lowest BCUT2D eigenvalue weighted by atomic mass is 9.98. The molecule has 0 radical (unpaired) electrons. The van der Waals surface area contributed by atoms with Crippen molar-refractivity contribution in [2.45, 2.75) is 25.2 Å². The summed E-state index contributed by atoms with van der Waals surface area (Å²) in [5.74, 6) is 0. The van der Waals surface area contributed by atoms with Crippen LogP contribution in [0.5, 0.6) is 0 Å². The van der Waals surface area contributed by atoms with Crippen LogP contribution in [0.25, 0.3) is 0 Å². The molecule has 0 fully saturated rings. The lowest BCUT2D eigenvalue weighted by Crippen LogP contribution is -2.13. The van der Waals surface area contributed by atoms with Crippen molar-refractivity contribution in [3.8, 4) is 0 Å². The van der Waals surface area contributed by atoms with Crippen molar-refractivity contribution in [2.75, 3.05) is 20.0 Å². The summed E-state index contributed by atoms with van der Waals surface area (Å²) in [4.78, 5) is 0.228. The van der Waals surface area contributed by atoms with Crippen molar-refractivity contribution in [3.05, 3.63) is 28.8 Å². The Kier molecular flexibility index (Phi) is 4.65. The van der Waals surface area contributed by atoms with Gasteiger partial charge in [0.25, 0.3) is 0 Å². The number of benzene rings is 1. The maximum atomic E-state index is 11.8. The predicted octanol–water partition coefficient (Wildman–Crippen LogP) is 2.11. The van der Waals surface area contributed by atoms with Gasteiger partial charge in [-0.3, -0.25) is 0 Å². The van der Waals surface area contributed by atoms with Crippen LogP contribution in [0.1, 0.15) is 23.1 Å². The molecule has 0 aromatic heterocycles. The molecule has 0 aliphatic rings. The SMILES string of the molecule is COCCC(=N)c1c(S(C)(=O)=O)ccc(C)c1C. The first kappa shape index (κ1) is 14.9. The second-order valence-corrected chi connectivity index (χ2v) is 6.36. The van der Waals surface area contributed by atoms with Gasteiger partial charge in [-0.05, 0) is 31.0 Å². The van der Waals surface area contributed by atoms with Crippen molar-refractivity contribution in [1.29, 1.82) is 5.41 Å². The maximum Gasteiger partial charge on any atom is 0.176 e. The van der Waals surface area contributed by atoms with Crippen LogP contribution in [0.4, 0.5) is 0 Å². The molecule has 5 heteroatoms. The molecule has 4 nitrogen and oxygen atoms in total. The smallest absolute Gasteiger partial charge is 0.176 e. The number of hydrogen-bond donors (Lipinski definition) is 1. The molecule has 0 aliphatic heterocycles. The van der Waals surface area contributed by atoms with E-state index in [-0.39, 0.29) is 4.90 Å². The highest BCUT2D eigenvalue weighted by Gasteiger charge is 2.19. The molecule has 0 aliphatic carbocycles. The first-order chi connectivity index (χ1) is 8.29. The first-order valence-corrected chi connectivity index (χ1v) is 7.55. The van der Waals surface area contributed by atoms with E-state index in [2.05, 4.69) is 0 Å². The summed E-state index contributed by atoms with van der Waals surface area (Å²) in [6.07, 6.45) is 1.58. The summed E-state index contributed by atoms with van der Waals surface area (Å²) in [6.45, 7) is 4.17. The molecular formula is C13H19NO3S. The van der Waals surface area contributed by atoms with E-state index in [1.807, 2.05) is 13.8 Å². The Bertz CT molecular complexity index is 562. The number of rotatable bonds is 5. The average molecular weight is 269 g/mol. The summed E-state index contributed by atoms with van der Waals surface area (Å²) in [6, 6.07) is 3.35. The topological polar surface area (TPSA) is 67.2 Å². The molecule has 0 saturated carbocycles. The maximum absolute atomic E-state index is 11.8. The van der Waals surface area contributed by atoms with Crippen molar-refractivity contribution in [2.24, 2.45) is 0 Å². The molecule has 0 bridgehead atoms. The molecule has 100 valence electrons. The fourth-order valence-corrected chi connectivity index (χ4v) is 2.77. The zero-order chi connectivity index (χ0) is 13.9. The number of nitrogens with one attached hydrogen (secondary N) is 1. The van der Waals surface area contributed by atoms with E-state index in [4.69, 9.17) is 10.1 Å². The summed E-state index contributed by atoms with van der Waals surface area (Å²) in [5, 5.41) is 8.05. The predicted molar refractivity (Wildman–Crippen MR) is 72.3 cm³/mol. The Balaban J connectivity index is 3.39. The third kappa shape index (κ3) is 3.17. The van der Waals surface area contributed by atoms with E-state index < -0.39 is 9.84 Å². The quantitative estimate of drug-likeness (QED) is 0.832. The van der Waals surface area contributed by atoms with E-state index in [9.17, 15) is 8.42 Å². The van der Waals surface area contributed by atoms with Crippen LogP contribution in [0.3, 0.4) is 0 Å². The molecule has 0 heterocycles. The Morgan fingerprint density at radius 1 is 1.33 bits per heavy atom. The molecule has 0 saturated heterocycles. The molecule has 0 atom stereocenters. The zero-order valence-corrected chi connectivity index (χ0v) is 12.0. The molecule has 1 rings (SSSR count). The summed E-state index contributed by atoms with van der Waals surface area (Å²) >= 11 is 0. The van der Waals surface area contributed by atoms with Crippen molar-refractivity contribution in [1.82, 2.24) is 0 Å². The van der Waals surface area contributed by atoms with Gasteiger partial charge in [-0.2, -0.15) is 0 Å². The normalized spacial score (nSPS) is 11.6. The van der Waals surface area contributed by atoms with Gasteiger partial charge in [0, 0.05) is 31.1 Å². The van der Waals surface area contributed by atoms with Crippen LogP contribution in [0.15, 0.2) is 17.0 Å². The molecule has 18 heavy (non-hydrogen) atoms. The summed E-state index contributed by atoms with van der Waals surface area (Å²) in [5.41, 5.74) is 2.66. The standard InChI is InChI=1S/C13H19NO3S/c1-9-5-6-12(18(4,15)16)13(10(9)2)11(14)7-8-17-3/h5-6,14H,7-8H2,1-4H3. The average Bonchev–Trinajstić information content (AvgIpc) is 2.27. The zero-order valence-electron chi connectivity index (χ0n) is 11.2. The van der Waals surface area contributed by atoms with Gasteiger partial charge in [0.05, 0.1) is 11.5 Å².